The maximum atomic E-state index is 14.9. The van der Waals surface area contributed by atoms with E-state index in [1.165, 1.54) is 12.1 Å². The summed E-state index contributed by atoms with van der Waals surface area (Å²) >= 11 is 0. The third-order valence-corrected chi connectivity index (χ3v) is 8.32. The lowest BCUT2D eigenvalue weighted by Crippen LogP contribution is -2.58. The summed E-state index contributed by atoms with van der Waals surface area (Å²) in [5, 5.41) is 7.90. The second kappa shape index (κ2) is 15.2. The number of nitrogens with zero attached hydrogens (tertiary/aromatic N) is 3. The Hall–Kier alpha value is -4.49. The van der Waals surface area contributed by atoms with Gasteiger partial charge in [-0.1, -0.05) is 17.6 Å². The summed E-state index contributed by atoms with van der Waals surface area (Å²) in [5.74, 6) is -25.5. The zero-order chi connectivity index (χ0) is 37.1. The molecule has 50 heavy (non-hydrogen) atoms. The molecule has 0 saturated carbocycles. The van der Waals surface area contributed by atoms with Gasteiger partial charge < -0.3 is 13.8 Å². The van der Waals surface area contributed by atoms with Crippen molar-refractivity contribution < 1.29 is 66.1 Å². The van der Waals surface area contributed by atoms with Crippen molar-refractivity contribution in [1.82, 2.24) is 0 Å². The lowest BCUT2D eigenvalue weighted by molar-refractivity contribution is -0.890. The predicted octanol–water partition coefficient (Wildman–Crippen LogP) is 5.40. The van der Waals surface area contributed by atoms with E-state index in [0.29, 0.717) is 23.3 Å². The van der Waals surface area contributed by atoms with E-state index in [9.17, 15) is 56.9 Å². The van der Waals surface area contributed by atoms with Crippen LogP contribution in [0.15, 0.2) is 58.8 Å². The minimum atomic E-state index is -4.30. The van der Waals surface area contributed by atoms with Crippen LogP contribution in [0.5, 0.6) is 5.75 Å². The van der Waals surface area contributed by atoms with Crippen molar-refractivity contribution in [1.29, 1.82) is 0 Å². The molecular formula is C31H24BF10N3O4S. The van der Waals surface area contributed by atoms with Gasteiger partial charge in [-0.05, 0) is 36.4 Å². The highest BCUT2D eigenvalue weighted by Crippen LogP contribution is 2.23. The first-order chi connectivity index (χ1) is 23.3. The SMILES string of the molecule is C[N+](C)(CCCS(=O)(=O)[O-])CCOc1ccc(N=Nc2ccc(B(c3c(F)c(F)c(F)c(F)c3F)c3c(F)c(F)c(F)c(F)c3F)cc2)cc1. The van der Waals surface area contributed by atoms with Crippen molar-refractivity contribution in [2.45, 2.75) is 6.42 Å². The Bertz CT molecular complexity index is 1910. The van der Waals surface area contributed by atoms with Crippen LogP contribution < -0.4 is 21.1 Å². The number of benzene rings is 4. The first kappa shape index (κ1) is 38.3. The number of ether oxygens (including phenoxy) is 1. The molecule has 0 atom stereocenters. The van der Waals surface area contributed by atoms with Crippen molar-refractivity contribution in [3.63, 3.8) is 0 Å². The van der Waals surface area contributed by atoms with Gasteiger partial charge >= 0.3 is 0 Å². The van der Waals surface area contributed by atoms with Crippen LogP contribution in [-0.4, -0.2) is 63.7 Å². The first-order valence-electron chi connectivity index (χ1n) is 14.4. The molecule has 0 aliphatic carbocycles. The monoisotopic (exact) mass is 735 g/mol. The quantitative estimate of drug-likeness (QED) is 0.0350. The van der Waals surface area contributed by atoms with Crippen LogP contribution in [0, 0.1) is 58.2 Å². The number of rotatable bonds is 13. The number of halogens is 10. The molecule has 4 aromatic carbocycles. The van der Waals surface area contributed by atoms with E-state index in [2.05, 4.69) is 10.2 Å². The maximum Gasteiger partial charge on any atom is 0.257 e. The Balaban J connectivity index is 1.56. The molecule has 0 amide bonds. The molecule has 0 heterocycles. The summed E-state index contributed by atoms with van der Waals surface area (Å²) in [5.41, 5.74) is -4.07. The van der Waals surface area contributed by atoms with Crippen molar-refractivity contribution in [2.75, 3.05) is 39.5 Å². The smallest absolute Gasteiger partial charge is 0.257 e. The average molecular weight is 735 g/mol. The van der Waals surface area contributed by atoms with Gasteiger partial charge in [-0.3, -0.25) is 0 Å². The molecule has 0 aliphatic heterocycles. The van der Waals surface area contributed by atoms with Gasteiger partial charge in [-0.15, -0.1) is 0 Å². The second-order valence-electron chi connectivity index (χ2n) is 11.5. The summed E-state index contributed by atoms with van der Waals surface area (Å²) in [6.07, 6.45) is 0.193. The third-order valence-electron chi connectivity index (χ3n) is 7.53. The van der Waals surface area contributed by atoms with E-state index in [1.807, 2.05) is 14.1 Å². The van der Waals surface area contributed by atoms with Crippen molar-refractivity contribution >= 4 is 44.6 Å². The largest absolute Gasteiger partial charge is 0.748 e. The normalized spacial score (nSPS) is 12.2. The predicted molar refractivity (Wildman–Crippen MR) is 161 cm³/mol. The molecule has 266 valence electrons. The summed E-state index contributed by atoms with van der Waals surface area (Å²) in [4.78, 5) is 0. The molecule has 0 saturated heterocycles. The van der Waals surface area contributed by atoms with Crippen LogP contribution >= 0.6 is 0 Å². The van der Waals surface area contributed by atoms with Gasteiger partial charge in [0.2, 0.25) is 0 Å². The second-order valence-corrected chi connectivity index (χ2v) is 13.1. The van der Waals surface area contributed by atoms with Crippen LogP contribution in [0.3, 0.4) is 0 Å². The molecule has 0 radical (unpaired) electrons. The highest BCUT2D eigenvalue weighted by atomic mass is 32.2. The molecule has 0 bridgehead atoms. The third kappa shape index (κ3) is 8.62. The van der Waals surface area contributed by atoms with E-state index >= 15 is 0 Å². The number of likely N-dealkylation sites (N-methyl/N-ethyl adjacent to an activating group) is 1. The molecule has 7 nitrogen and oxygen atoms in total. The number of hydrogen-bond donors (Lipinski definition) is 0. The molecule has 4 aromatic rings. The Morgan fingerprint density at radius 2 is 1.00 bits per heavy atom. The molecule has 4 rings (SSSR count). The van der Waals surface area contributed by atoms with Crippen LogP contribution in [-0.2, 0) is 10.1 Å². The fraction of sp³-hybridized carbons (Fsp3) is 0.226. The van der Waals surface area contributed by atoms with Crippen LogP contribution in [0.2, 0.25) is 0 Å². The van der Waals surface area contributed by atoms with Crippen molar-refractivity contribution in [3.8, 4) is 5.75 Å². The molecular weight excluding hydrogens is 711 g/mol. The highest BCUT2D eigenvalue weighted by Gasteiger charge is 2.40. The van der Waals surface area contributed by atoms with Gasteiger partial charge in [-0.2, -0.15) is 10.2 Å². The zero-order valence-corrected chi connectivity index (χ0v) is 26.7. The first-order valence-corrected chi connectivity index (χ1v) is 15.9. The van der Waals surface area contributed by atoms with Gasteiger partial charge in [0, 0.05) is 23.1 Å². The van der Waals surface area contributed by atoms with Gasteiger partial charge in [0.1, 0.15) is 18.9 Å². The molecule has 0 N–H and O–H groups in total. The Morgan fingerprint density at radius 1 is 0.620 bits per heavy atom. The standard InChI is InChI=1S/C31H24BF10N3O4S/c1-45(2,12-3-15-50(46,47)48)13-14-49-19-10-8-18(9-11-19)44-43-17-6-4-16(5-7-17)32(20-22(33)26(37)30(41)27(38)23(20)34)21-24(35)28(39)31(42)29(40)25(21)36/h4-11H,3,12-15H2,1-2H3. The van der Waals surface area contributed by atoms with Gasteiger partial charge in [0.25, 0.3) is 6.71 Å². The van der Waals surface area contributed by atoms with E-state index < -0.39 is 97.1 Å². The molecule has 0 fully saturated rings. The molecule has 0 spiro atoms. The van der Waals surface area contributed by atoms with E-state index in [0.717, 1.165) is 24.3 Å². The van der Waals surface area contributed by atoms with Gasteiger partial charge in [0.05, 0.1) is 42.1 Å². The Labute approximate surface area is 279 Å². The Kier molecular flexibility index (Phi) is 11.6. The summed E-state index contributed by atoms with van der Waals surface area (Å²) in [6.45, 7) is -1.53. The van der Waals surface area contributed by atoms with E-state index in [-0.39, 0.29) is 24.4 Å². The number of azo groups is 1. The summed E-state index contributed by atoms with van der Waals surface area (Å²) in [6, 6.07) is 9.96. The fourth-order valence-corrected chi connectivity index (χ4v) is 5.36. The number of hydrogen-bond acceptors (Lipinski definition) is 6. The fourth-order valence-electron chi connectivity index (χ4n) is 4.88. The lowest BCUT2D eigenvalue weighted by atomic mass is 9.36. The minimum absolute atomic E-state index is 0.00701. The van der Waals surface area contributed by atoms with Gasteiger partial charge in [0.15, 0.2) is 58.2 Å². The molecule has 19 heteroatoms. The van der Waals surface area contributed by atoms with Crippen molar-refractivity contribution in [3.05, 3.63) is 107 Å². The van der Waals surface area contributed by atoms with Gasteiger partial charge in [-0.25, -0.2) is 52.3 Å². The maximum absolute atomic E-state index is 14.9. The summed E-state index contributed by atoms with van der Waals surface area (Å²) in [7, 11) is -0.617. The average Bonchev–Trinajstić information content (AvgIpc) is 3.06. The topological polar surface area (TPSA) is 91.2 Å². The summed E-state index contributed by atoms with van der Waals surface area (Å²) < 4.78 is 182. The highest BCUT2D eigenvalue weighted by molar-refractivity contribution is 7.85. The molecule has 0 aromatic heterocycles. The van der Waals surface area contributed by atoms with Crippen LogP contribution in [0.25, 0.3) is 0 Å². The molecule has 0 unspecified atom stereocenters. The Morgan fingerprint density at radius 3 is 1.40 bits per heavy atom. The van der Waals surface area contributed by atoms with Crippen LogP contribution in [0.1, 0.15) is 6.42 Å². The molecule has 0 aliphatic rings. The number of quaternary nitrogens is 1. The van der Waals surface area contributed by atoms with Crippen LogP contribution in [0.4, 0.5) is 55.3 Å². The zero-order valence-electron chi connectivity index (χ0n) is 25.9. The van der Waals surface area contributed by atoms with E-state index in [1.54, 1.807) is 12.1 Å². The minimum Gasteiger partial charge on any atom is -0.748 e. The van der Waals surface area contributed by atoms with E-state index in [4.69, 9.17) is 4.74 Å². The van der Waals surface area contributed by atoms with Crippen molar-refractivity contribution in [2.24, 2.45) is 10.2 Å². The lowest BCUT2D eigenvalue weighted by Gasteiger charge is -2.29.